The molecule has 2 aliphatic heterocycles. The van der Waals surface area contributed by atoms with Gasteiger partial charge in [0.1, 0.15) is 6.54 Å². The van der Waals surface area contributed by atoms with Crippen molar-refractivity contribution in [3.63, 3.8) is 0 Å². The number of nitrogens with one attached hydrogen (secondary N) is 2. The van der Waals surface area contributed by atoms with Gasteiger partial charge in [0.15, 0.2) is 0 Å². The summed E-state index contributed by atoms with van der Waals surface area (Å²) in [6.07, 6.45) is 3.36. The first-order valence-corrected chi connectivity index (χ1v) is 14.0. The Balaban J connectivity index is 1.24. The molecule has 10 heteroatoms. The molecule has 40 heavy (non-hydrogen) atoms. The molecule has 2 amide bonds. The number of hydrogen-bond acceptors (Lipinski definition) is 7. The first kappa shape index (κ1) is 28.0. The number of ether oxygens (including phenoxy) is 1. The van der Waals surface area contributed by atoms with Crippen molar-refractivity contribution in [1.82, 2.24) is 25.1 Å². The van der Waals surface area contributed by atoms with Crippen molar-refractivity contribution >= 4 is 29.4 Å². The van der Waals surface area contributed by atoms with Crippen molar-refractivity contribution in [2.75, 3.05) is 39.2 Å². The third-order valence-corrected chi connectivity index (χ3v) is 7.50. The van der Waals surface area contributed by atoms with E-state index in [-0.39, 0.29) is 30.4 Å². The van der Waals surface area contributed by atoms with Gasteiger partial charge in [0.2, 0.25) is 11.9 Å². The molecule has 0 aliphatic carbocycles. The van der Waals surface area contributed by atoms with Gasteiger partial charge in [-0.3, -0.25) is 9.59 Å². The molecule has 1 atom stereocenters. The van der Waals surface area contributed by atoms with Crippen LogP contribution in [0, 0.1) is 0 Å². The van der Waals surface area contributed by atoms with E-state index in [1.54, 1.807) is 17.2 Å². The second kappa shape index (κ2) is 12.3. The molecule has 5 rings (SSSR count). The number of hydrogen-bond donors (Lipinski definition) is 2. The van der Waals surface area contributed by atoms with Gasteiger partial charge in [-0.1, -0.05) is 48.0 Å². The highest BCUT2D eigenvalue weighted by atomic mass is 35.5. The minimum atomic E-state index is -0.199. The third-order valence-electron chi connectivity index (χ3n) is 7.22. The quantitative estimate of drug-likeness (QED) is 0.401. The van der Waals surface area contributed by atoms with Crippen molar-refractivity contribution < 1.29 is 14.3 Å². The summed E-state index contributed by atoms with van der Waals surface area (Å²) in [5, 5.41) is 6.81. The van der Waals surface area contributed by atoms with Gasteiger partial charge < -0.3 is 25.2 Å². The summed E-state index contributed by atoms with van der Waals surface area (Å²) in [6.45, 7) is 4.56. The second-order valence-corrected chi connectivity index (χ2v) is 11.1. The molecule has 9 nitrogen and oxygen atoms in total. The maximum Gasteiger partial charge on any atom is 0.254 e. The Hall–Kier alpha value is -3.53. The highest BCUT2D eigenvalue weighted by molar-refractivity contribution is 6.33. The Morgan fingerprint density at radius 3 is 2.77 bits per heavy atom. The molecule has 2 aromatic carbocycles. The molecular formula is C30H35ClN6O3. The fraction of sp³-hybridized carbons (Fsp3) is 0.400. The van der Waals surface area contributed by atoms with E-state index in [1.165, 1.54) is 5.56 Å². The molecule has 210 valence electrons. The molecule has 1 aromatic heterocycles. The van der Waals surface area contributed by atoms with Crippen LogP contribution in [0.1, 0.15) is 52.9 Å². The molecule has 2 aliphatic rings. The Kier molecular flexibility index (Phi) is 8.63. The van der Waals surface area contributed by atoms with Gasteiger partial charge in [0.05, 0.1) is 23.0 Å². The maximum atomic E-state index is 13.3. The maximum absolute atomic E-state index is 13.3. The first-order chi connectivity index (χ1) is 19.3. The number of halogens is 1. The summed E-state index contributed by atoms with van der Waals surface area (Å²) in [4.78, 5) is 38.9. The van der Waals surface area contributed by atoms with E-state index < -0.39 is 0 Å². The van der Waals surface area contributed by atoms with Crippen LogP contribution in [0.4, 0.5) is 5.95 Å². The molecule has 0 unspecified atom stereocenters. The molecular weight excluding hydrogens is 528 g/mol. The van der Waals surface area contributed by atoms with Gasteiger partial charge in [-0.2, -0.15) is 0 Å². The summed E-state index contributed by atoms with van der Waals surface area (Å²) < 4.78 is 5.43. The number of anilines is 1. The zero-order valence-corrected chi connectivity index (χ0v) is 23.9. The molecule has 0 spiro atoms. The predicted octanol–water partition coefficient (Wildman–Crippen LogP) is 4.28. The van der Waals surface area contributed by atoms with E-state index in [1.807, 2.05) is 45.3 Å². The number of fused-ring (bicyclic) bond motifs is 1. The summed E-state index contributed by atoms with van der Waals surface area (Å²) in [5.41, 5.74) is 4.93. The normalized spacial score (nSPS) is 16.2. The van der Waals surface area contributed by atoms with Crippen LogP contribution in [0.2, 0.25) is 5.02 Å². The molecule has 3 heterocycles. The second-order valence-electron chi connectivity index (χ2n) is 10.7. The van der Waals surface area contributed by atoms with E-state index >= 15 is 0 Å². The van der Waals surface area contributed by atoms with Crippen LogP contribution in [-0.2, 0) is 22.6 Å². The fourth-order valence-corrected chi connectivity index (χ4v) is 5.37. The zero-order valence-electron chi connectivity index (χ0n) is 23.1. The number of nitrogens with zero attached hydrogens (tertiary/aromatic N) is 4. The lowest BCUT2D eigenvalue weighted by Crippen LogP contribution is -2.38. The summed E-state index contributed by atoms with van der Waals surface area (Å²) in [6, 6.07) is 13.9. The zero-order chi connectivity index (χ0) is 28.2. The Morgan fingerprint density at radius 2 is 2.00 bits per heavy atom. The largest absolute Gasteiger partial charge is 0.381 e. The Bertz CT molecular complexity index is 1390. The molecule has 0 bridgehead atoms. The average Bonchev–Trinajstić information content (AvgIpc) is 3.24. The monoisotopic (exact) mass is 562 g/mol. The van der Waals surface area contributed by atoms with E-state index in [9.17, 15) is 9.59 Å². The minimum Gasteiger partial charge on any atom is -0.381 e. The minimum absolute atomic E-state index is 0.0159. The Labute approximate surface area is 239 Å². The van der Waals surface area contributed by atoms with Crippen LogP contribution in [0.5, 0.6) is 0 Å². The molecule has 0 radical (unpaired) electrons. The summed E-state index contributed by atoms with van der Waals surface area (Å²) in [5.74, 6) is 0.116. The Morgan fingerprint density at radius 1 is 1.20 bits per heavy atom. The SMILES string of the molecule is C[C@@H](NC(=O)CN1Cc2ccc(-c3nc(NC4CCOCC4)ncc3Cl)cc2C1=O)c1cccc(CN(C)C)c1. The smallest absolute Gasteiger partial charge is 0.254 e. The first-order valence-electron chi connectivity index (χ1n) is 13.6. The molecule has 1 saturated heterocycles. The van der Waals surface area contributed by atoms with E-state index in [0.29, 0.717) is 42.0 Å². The van der Waals surface area contributed by atoms with Gasteiger partial charge in [0, 0.05) is 43.5 Å². The van der Waals surface area contributed by atoms with Gasteiger partial charge >= 0.3 is 0 Å². The lowest BCUT2D eigenvalue weighted by Gasteiger charge is -2.23. The topological polar surface area (TPSA) is 99.7 Å². The molecule has 3 aromatic rings. The highest BCUT2D eigenvalue weighted by Crippen LogP contribution is 2.31. The lowest BCUT2D eigenvalue weighted by atomic mass is 10.0. The van der Waals surface area contributed by atoms with Crippen molar-refractivity contribution in [3.8, 4) is 11.3 Å². The van der Waals surface area contributed by atoms with Gasteiger partial charge in [0.25, 0.3) is 5.91 Å². The van der Waals surface area contributed by atoms with Crippen LogP contribution in [0.25, 0.3) is 11.3 Å². The van der Waals surface area contributed by atoms with Crippen LogP contribution in [-0.4, -0.2) is 71.5 Å². The number of rotatable bonds is 9. The van der Waals surface area contributed by atoms with Crippen LogP contribution >= 0.6 is 11.6 Å². The van der Waals surface area contributed by atoms with Crippen molar-refractivity contribution in [1.29, 1.82) is 0 Å². The molecule has 0 saturated carbocycles. The molecule has 1 fully saturated rings. The van der Waals surface area contributed by atoms with Crippen molar-refractivity contribution in [2.24, 2.45) is 0 Å². The number of aromatic nitrogens is 2. The van der Waals surface area contributed by atoms with Crippen molar-refractivity contribution in [2.45, 2.75) is 44.9 Å². The number of benzene rings is 2. The van der Waals surface area contributed by atoms with E-state index in [4.69, 9.17) is 16.3 Å². The summed E-state index contributed by atoms with van der Waals surface area (Å²) in [7, 11) is 4.05. The van der Waals surface area contributed by atoms with Gasteiger partial charge in [-0.05, 0) is 56.6 Å². The molecule has 2 N–H and O–H groups in total. The highest BCUT2D eigenvalue weighted by Gasteiger charge is 2.30. The summed E-state index contributed by atoms with van der Waals surface area (Å²) >= 11 is 6.47. The standard InChI is InChI=1S/C30H35ClN6O3/c1-19(21-6-4-5-20(13-21)16-36(2)3)33-27(38)18-37-17-23-8-7-22(14-25(23)29(37)39)28-26(31)15-32-30(35-28)34-24-9-11-40-12-10-24/h4-8,13-15,19,24H,9-12,16-18H2,1-3H3,(H,33,38)(H,32,34,35)/t19-/m1/s1. The van der Waals surface area contributed by atoms with E-state index in [2.05, 4.69) is 37.6 Å². The van der Waals surface area contributed by atoms with E-state index in [0.717, 1.165) is 36.1 Å². The fourth-order valence-electron chi connectivity index (χ4n) is 5.17. The van der Waals surface area contributed by atoms with Crippen molar-refractivity contribution in [3.05, 3.63) is 75.9 Å². The van der Waals surface area contributed by atoms with Crippen LogP contribution < -0.4 is 10.6 Å². The number of amides is 2. The van der Waals surface area contributed by atoms with Crippen LogP contribution in [0.3, 0.4) is 0 Å². The average molecular weight is 563 g/mol. The third kappa shape index (κ3) is 6.60. The van der Waals surface area contributed by atoms with Crippen LogP contribution in [0.15, 0.2) is 48.7 Å². The number of carbonyl (C=O) groups is 2. The predicted molar refractivity (Wildman–Crippen MR) is 155 cm³/mol. The van der Waals surface area contributed by atoms with Gasteiger partial charge in [-0.15, -0.1) is 0 Å². The lowest BCUT2D eigenvalue weighted by molar-refractivity contribution is -0.122. The number of carbonyl (C=O) groups excluding carboxylic acids is 2. The van der Waals surface area contributed by atoms with Gasteiger partial charge in [-0.25, -0.2) is 9.97 Å².